The van der Waals surface area contributed by atoms with Gasteiger partial charge in [-0.05, 0) is 96.3 Å². The Morgan fingerprint density at radius 2 is 0.513 bits per heavy atom. The van der Waals surface area contributed by atoms with Crippen LogP contribution in [0.3, 0.4) is 0 Å². The first-order valence-corrected chi connectivity index (χ1v) is 32.6. The van der Waals surface area contributed by atoms with E-state index in [0.29, 0.717) is 19.3 Å². The summed E-state index contributed by atoms with van der Waals surface area (Å²) in [6, 6.07) is 0. The zero-order chi connectivity index (χ0) is 55.0. The number of unbranched alkanes of at least 4 members (excludes halogenated alkanes) is 34. The summed E-state index contributed by atoms with van der Waals surface area (Å²) in [5.41, 5.74) is 0. The van der Waals surface area contributed by atoms with E-state index in [0.717, 1.165) is 103 Å². The van der Waals surface area contributed by atoms with E-state index in [-0.39, 0.29) is 31.1 Å². The normalized spacial score (nSPS) is 12.6. The predicted octanol–water partition coefficient (Wildman–Crippen LogP) is 22.3. The van der Waals surface area contributed by atoms with Crippen LogP contribution in [0.25, 0.3) is 0 Å². The van der Waals surface area contributed by atoms with Crippen LogP contribution in [0.15, 0.2) is 85.1 Å². The van der Waals surface area contributed by atoms with Gasteiger partial charge in [0.15, 0.2) is 6.10 Å². The topological polar surface area (TPSA) is 78.9 Å². The summed E-state index contributed by atoms with van der Waals surface area (Å²) in [5, 5.41) is 0. The molecule has 1 unspecified atom stereocenters. The molecule has 0 rings (SSSR count). The number of hydrogen-bond donors (Lipinski definition) is 0. The Balaban J connectivity index is 4.03. The monoisotopic (exact) mass is 1060 g/mol. The van der Waals surface area contributed by atoms with E-state index in [1.165, 1.54) is 180 Å². The SMILES string of the molecule is CC/C=C\C/C=C\C/C=C\C/C=C\C/C=C\C/C=C\CCCCCCCCCCCCCCCCCCC(=O)OCC(COC(=O)CCCCCCCCCC)OC(=O)CCCCCCC/C=C\CCCCCCCC. The second kappa shape index (κ2) is 64.1. The van der Waals surface area contributed by atoms with E-state index in [1.54, 1.807) is 0 Å². The highest BCUT2D eigenvalue weighted by Crippen LogP contribution is 2.17. The van der Waals surface area contributed by atoms with Gasteiger partial charge in [-0.15, -0.1) is 0 Å². The van der Waals surface area contributed by atoms with Gasteiger partial charge in [-0.25, -0.2) is 0 Å². The molecule has 0 aromatic rings. The third-order valence-corrected chi connectivity index (χ3v) is 14.1. The average molecular weight is 1060 g/mol. The van der Waals surface area contributed by atoms with E-state index >= 15 is 0 Å². The Bertz CT molecular complexity index is 1450. The number of carbonyl (C=O) groups is 3. The molecule has 0 aromatic carbocycles. The third-order valence-electron chi connectivity index (χ3n) is 14.1. The lowest BCUT2D eigenvalue weighted by atomic mass is 10.0. The zero-order valence-electron chi connectivity index (χ0n) is 50.3. The number of rotatable bonds is 59. The second-order valence-electron chi connectivity index (χ2n) is 21.6. The van der Waals surface area contributed by atoms with Crippen LogP contribution in [0.1, 0.15) is 323 Å². The van der Waals surface area contributed by atoms with Gasteiger partial charge in [-0.3, -0.25) is 14.4 Å². The van der Waals surface area contributed by atoms with Crippen LogP contribution in [-0.2, 0) is 28.6 Å². The van der Waals surface area contributed by atoms with Gasteiger partial charge in [0.2, 0.25) is 0 Å². The molecule has 0 N–H and O–H groups in total. The molecule has 76 heavy (non-hydrogen) atoms. The van der Waals surface area contributed by atoms with Gasteiger partial charge in [-0.2, -0.15) is 0 Å². The van der Waals surface area contributed by atoms with Gasteiger partial charge in [0, 0.05) is 19.3 Å². The number of carbonyl (C=O) groups excluding carboxylic acids is 3. The Kier molecular flexibility index (Phi) is 61.2. The summed E-state index contributed by atoms with van der Waals surface area (Å²) in [6.07, 6.45) is 84.8. The summed E-state index contributed by atoms with van der Waals surface area (Å²) in [7, 11) is 0. The van der Waals surface area contributed by atoms with E-state index in [1.807, 2.05) is 0 Å². The minimum Gasteiger partial charge on any atom is -0.462 e. The third kappa shape index (κ3) is 61.4. The van der Waals surface area contributed by atoms with Crippen molar-refractivity contribution in [3.05, 3.63) is 85.1 Å². The van der Waals surface area contributed by atoms with Gasteiger partial charge in [0.1, 0.15) is 13.2 Å². The van der Waals surface area contributed by atoms with Crippen LogP contribution in [0, 0.1) is 0 Å². The molecule has 438 valence electrons. The largest absolute Gasteiger partial charge is 0.462 e. The van der Waals surface area contributed by atoms with Crippen molar-refractivity contribution in [1.82, 2.24) is 0 Å². The number of hydrogen-bond acceptors (Lipinski definition) is 6. The highest BCUT2D eigenvalue weighted by atomic mass is 16.6. The average Bonchev–Trinajstić information content (AvgIpc) is 3.42. The van der Waals surface area contributed by atoms with Crippen LogP contribution >= 0.6 is 0 Å². The van der Waals surface area contributed by atoms with Gasteiger partial charge in [0.25, 0.3) is 0 Å². The molecule has 0 radical (unpaired) electrons. The molecule has 0 aliphatic carbocycles. The molecule has 0 saturated heterocycles. The predicted molar refractivity (Wildman–Crippen MR) is 330 cm³/mol. The zero-order valence-corrected chi connectivity index (χ0v) is 50.3. The molecular weight excluding hydrogens is 937 g/mol. The van der Waals surface area contributed by atoms with Crippen LogP contribution in [0.5, 0.6) is 0 Å². The fraction of sp³-hybridized carbons (Fsp3) is 0.757. The van der Waals surface area contributed by atoms with Crippen LogP contribution < -0.4 is 0 Å². The maximum absolute atomic E-state index is 12.8. The molecule has 0 amide bonds. The first-order valence-electron chi connectivity index (χ1n) is 32.6. The number of esters is 3. The molecule has 0 fully saturated rings. The lowest BCUT2D eigenvalue weighted by molar-refractivity contribution is -0.167. The first kappa shape index (κ1) is 72.6. The summed E-state index contributed by atoms with van der Waals surface area (Å²) in [4.78, 5) is 38.1. The van der Waals surface area contributed by atoms with Crippen molar-refractivity contribution < 1.29 is 28.6 Å². The Hall–Kier alpha value is -3.41. The number of allylic oxidation sites excluding steroid dienone is 14. The van der Waals surface area contributed by atoms with Crippen molar-refractivity contribution in [1.29, 1.82) is 0 Å². The standard InChI is InChI=1S/C70H122O6/c1-4-7-10-13-16-19-21-23-25-26-27-28-29-30-31-32-33-34-35-36-37-38-39-40-41-42-43-44-46-47-49-51-54-57-60-63-69(72)75-66-67(65-74-68(71)62-59-56-53-18-15-12-9-6-3)76-70(73)64-61-58-55-52-50-48-45-24-22-20-17-14-11-8-5-2/h7,10,16,19,23-25,27-28,30-31,33-34,45,67H,4-6,8-9,11-15,17-18,20-22,26,29,32,35-44,46-66H2,1-3H3/b10-7-,19-16-,25-23-,28-27-,31-30-,34-33-,45-24-. The summed E-state index contributed by atoms with van der Waals surface area (Å²) < 4.78 is 16.8. The van der Waals surface area contributed by atoms with Crippen LogP contribution in [-0.4, -0.2) is 37.2 Å². The van der Waals surface area contributed by atoms with E-state index in [2.05, 4.69) is 106 Å². The van der Waals surface area contributed by atoms with Crippen molar-refractivity contribution in [2.24, 2.45) is 0 Å². The summed E-state index contributed by atoms with van der Waals surface area (Å²) in [5.74, 6) is -0.875. The molecule has 0 saturated carbocycles. The van der Waals surface area contributed by atoms with Gasteiger partial charge >= 0.3 is 17.9 Å². The Labute approximate surface area is 471 Å². The number of ether oxygens (including phenoxy) is 3. The minimum absolute atomic E-state index is 0.0748. The first-order chi connectivity index (χ1) is 37.5. The van der Waals surface area contributed by atoms with Crippen molar-refractivity contribution >= 4 is 17.9 Å². The van der Waals surface area contributed by atoms with Crippen molar-refractivity contribution in [2.75, 3.05) is 13.2 Å². The molecule has 0 aliphatic heterocycles. The maximum Gasteiger partial charge on any atom is 0.306 e. The van der Waals surface area contributed by atoms with E-state index < -0.39 is 6.10 Å². The molecule has 1 atom stereocenters. The molecule has 0 aliphatic rings. The minimum atomic E-state index is -0.775. The lowest BCUT2D eigenvalue weighted by Gasteiger charge is -2.18. The second-order valence-corrected chi connectivity index (χ2v) is 21.6. The molecular formula is C70H122O6. The summed E-state index contributed by atoms with van der Waals surface area (Å²) >= 11 is 0. The quantitative estimate of drug-likeness (QED) is 0.0261. The van der Waals surface area contributed by atoms with E-state index in [9.17, 15) is 14.4 Å². The maximum atomic E-state index is 12.8. The highest BCUT2D eigenvalue weighted by molar-refractivity contribution is 5.71. The Morgan fingerprint density at radius 3 is 0.816 bits per heavy atom. The van der Waals surface area contributed by atoms with E-state index in [4.69, 9.17) is 14.2 Å². The smallest absolute Gasteiger partial charge is 0.306 e. The van der Waals surface area contributed by atoms with Crippen LogP contribution in [0.2, 0.25) is 0 Å². The van der Waals surface area contributed by atoms with Crippen molar-refractivity contribution in [3.63, 3.8) is 0 Å². The molecule has 0 bridgehead atoms. The van der Waals surface area contributed by atoms with Gasteiger partial charge in [-0.1, -0.05) is 292 Å². The Morgan fingerprint density at radius 1 is 0.276 bits per heavy atom. The fourth-order valence-corrected chi connectivity index (χ4v) is 9.27. The molecule has 0 spiro atoms. The van der Waals surface area contributed by atoms with Crippen molar-refractivity contribution in [3.8, 4) is 0 Å². The summed E-state index contributed by atoms with van der Waals surface area (Å²) in [6.45, 7) is 6.51. The lowest BCUT2D eigenvalue weighted by Crippen LogP contribution is -2.30. The van der Waals surface area contributed by atoms with Crippen molar-refractivity contribution in [2.45, 2.75) is 329 Å². The molecule has 0 aromatic heterocycles. The van der Waals surface area contributed by atoms with Crippen LogP contribution in [0.4, 0.5) is 0 Å². The van der Waals surface area contributed by atoms with Gasteiger partial charge in [0.05, 0.1) is 0 Å². The molecule has 6 heteroatoms. The molecule has 6 nitrogen and oxygen atoms in total. The highest BCUT2D eigenvalue weighted by Gasteiger charge is 2.19. The van der Waals surface area contributed by atoms with Gasteiger partial charge < -0.3 is 14.2 Å². The fourth-order valence-electron chi connectivity index (χ4n) is 9.27. The molecule has 0 heterocycles.